The lowest BCUT2D eigenvalue weighted by atomic mass is 9.78. The molecule has 1 aliphatic carbocycles. The van der Waals surface area contributed by atoms with Gasteiger partial charge in [-0.2, -0.15) is 0 Å². The summed E-state index contributed by atoms with van der Waals surface area (Å²) >= 11 is 0. The number of fused-ring (bicyclic) bond motifs is 1. The number of benzene rings is 2. The van der Waals surface area contributed by atoms with Gasteiger partial charge in [-0.05, 0) is 54.8 Å². The number of carbonyl (C=O) groups excluding carboxylic acids is 1. The Balaban J connectivity index is 0.00000256. The number of nitrogens with one attached hydrogen (secondary N) is 2. The van der Waals surface area contributed by atoms with Gasteiger partial charge in [0.2, 0.25) is 5.91 Å². The average Bonchev–Trinajstić information content (AvgIpc) is 3.35. The third-order valence-corrected chi connectivity index (χ3v) is 6.22. The second kappa shape index (κ2) is 7.25. The van der Waals surface area contributed by atoms with Gasteiger partial charge in [-0.3, -0.25) is 4.79 Å². The summed E-state index contributed by atoms with van der Waals surface area (Å²) in [7, 11) is 1.66. The first kappa shape index (κ1) is 19.6. The fraction of sp³-hybridized carbons (Fsp3) is 0.400. The fourth-order valence-corrected chi connectivity index (χ4v) is 4.40. The molecular formula is C25H32N2O2. The average molecular weight is 393 g/mol. The molecule has 1 aromatic heterocycles. The van der Waals surface area contributed by atoms with E-state index in [2.05, 4.69) is 49.3 Å². The van der Waals surface area contributed by atoms with Crippen LogP contribution >= 0.6 is 0 Å². The summed E-state index contributed by atoms with van der Waals surface area (Å²) < 4.78 is 5.28. The highest BCUT2D eigenvalue weighted by Gasteiger charge is 2.42. The van der Waals surface area contributed by atoms with Crippen molar-refractivity contribution in [3.63, 3.8) is 0 Å². The van der Waals surface area contributed by atoms with Crippen molar-refractivity contribution in [1.29, 1.82) is 0 Å². The van der Waals surface area contributed by atoms with E-state index in [0.29, 0.717) is 0 Å². The summed E-state index contributed by atoms with van der Waals surface area (Å²) in [5, 5.41) is 4.33. The standard InChI is InChI=1S/C25H30N2O2.H2/c1-24(2,3)22-16-17-15-19(9-12-21(17)27-22)26-23(28)25(13-5-6-14-25)18-7-10-20(29-4)11-8-18;/h7-12,15-16,27H,5-6,13-14H2,1-4H3,(H,26,28);1H. The molecule has 29 heavy (non-hydrogen) atoms. The van der Waals surface area contributed by atoms with Crippen LogP contribution in [-0.2, 0) is 15.6 Å². The highest BCUT2D eigenvalue weighted by molar-refractivity contribution is 6.00. The van der Waals surface area contributed by atoms with Crippen LogP contribution in [0.2, 0.25) is 0 Å². The van der Waals surface area contributed by atoms with Gasteiger partial charge in [0.1, 0.15) is 5.75 Å². The monoisotopic (exact) mass is 392 g/mol. The van der Waals surface area contributed by atoms with Gasteiger partial charge in [0.05, 0.1) is 12.5 Å². The molecular weight excluding hydrogens is 360 g/mol. The number of hydrogen-bond donors (Lipinski definition) is 2. The molecule has 154 valence electrons. The van der Waals surface area contributed by atoms with E-state index in [-0.39, 0.29) is 12.7 Å². The van der Waals surface area contributed by atoms with Crippen molar-refractivity contribution in [2.24, 2.45) is 0 Å². The minimum atomic E-state index is -0.462. The highest BCUT2D eigenvalue weighted by Crippen LogP contribution is 2.42. The molecule has 0 radical (unpaired) electrons. The van der Waals surface area contributed by atoms with Crippen molar-refractivity contribution in [3.05, 3.63) is 59.8 Å². The predicted molar refractivity (Wildman–Crippen MR) is 121 cm³/mol. The van der Waals surface area contributed by atoms with Gasteiger partial charge in [-0.15, -0.1) is 0 Å². The molecule has 0 unspecified atom stereocenters. The van der Waals surface area contributed by atoms with Gasteiger partial charge in [0.25, 0.3) is 0 Å². The number of methoxy groups -OCH3 is 1. The van der Waals surface area contributed by atoms with Crippen molar-refractivity contribution < 1.29 is 11.0 Å². The second-order valence-corrected chi connectivity index (χ2v) is 9.21. The first-order chi connectivity index (χ1) is 13.8. The van der Waals surface area contributed by atoms with Gasteiger partial charge in [-0.25, -0.2) is 0 Å². The molecule has 1 amide bonds. The first-order valence-corrected chi connectivity index (χ1v) is 10.4. The molecule has 0 spiro atoms. The fourth-order valence-electron chi connectivity index (χ4n) is 4.40. The van der Waals surface area contributed by atoms with Crippen molar-refractivity contribution in [2.45, 2.75) is 57.3 Å². The number of ether oxygens (including phenoxy) is 1. The van der Waals surface area contributed by atoms with Gasteiger partial charge < -0.3 is 15.0 Å². The topological polar surface area (TPSA) is 54.1 Å². The molecule has 4 rings (SSSR count). The molecule has 0 bridgehead atoms. The van der Waals surface area contributed by atoms with Gasteiger partial charge in [0, 0.05) is 29.1 Å². The van der Waals surface area contributed by atoms with E-state index in [1.165, 1.54) is 5.69 Å². The summed E-state index contributed by atoms with van der Waals surface area (Å²) in [6.07, 6.45) is 3.91. The minimum absolute atomic E-state index is 0. The Kier molecular flexibility index (Phi) is 4.89. The molecule has 0 saturated heterocycles. The van der Waals surface area contributed by atoms with Crippen LogP contribution in [0.1, 0.15) is 59.1 Å². The van der Waals surface area contributed by atoms with E-state index in [0.717, 1.165) is 53.6 Å². The van der Waals surface area contributed by atoms with Crippen LogP contribution < -0.4 is 10.1 Å². The quantitative estimate of drug-likeness (QED) is 0.558. The number of rotatable bonds is 4. The Morgan fingerprint density at radius 1 is 1.07 bits per heavy atom. The summed E-state index contributed by atoms with van der Waals surface area (Å²) in [5.74, 6) is 0.904. The lowest BCUT2D eigenvalue weighted by Gasteiger charge is -2.28. The number of amides is 1. The van der Waals surface area contributed by atoms with Crippen molar-refractivity contribution >= 4 is 22.5 Å². The van der Waals surface area contributed by atoms with E-state index >= 15 is 0 Å². The molecule has 2 N–H and O–H groups in total. The maximum Gasteiger partial charge on any atom is 0.235 e. The zero-order chi connectivity index (χ0) is 20.6. The maximum absolute atomic E-state index is 13.4. The largest absolute Gasteiger partial charge is 0.497 e. The lowest BCUT2D eigenvalue weighted by Crippen LogP contribution is -2.37. The van der Waals surface area contributed by atoms with E-state index in [1.807, 2.05) is 30.3 Å². The van der Waals surface area contributed by atoms with E-state index in [1.54, 1.807) is 7.11 Å². The molecule has 3 aromatic rings. The lowest BCUT2D eigenvalue weighted by molar-refractivity contribution is -0.121. The van der Waals surface area contributed by atoms with E-state index < -0.39 is 5.41 Å². The van der Waals surface area contributed by atoms with Crippen LogP contribution in [0.3, 0.4) is 0 Å². The molecule has 4 nitrogen and oxygen atoms in total. The van der Waals surface area contributed by atoms with Gasteiger partial charge in [-0.1, -0.05) is 45.7 Å². The molecule has 4 heteroatoms. The number of hydrogen-bond acceptors (Lipinski definition) is 2. The van der Waals surface area contributed by atoms with Crippen molar-refractivity contribution in [1.82, 2.24) is 4.98 Å². The molecule has 2 aromatic carbocycles. The Morgan fingerprint density at radius 2 is 1.76 bits per heavy atom. The molecule has 0 aliphatic heterocycles. The normalized spacial score (nSPS) is 16.1. The van der Waals surface area contributed by atoms with E-state index in [9.17, 15) is 4.79 Å². The summed E-state index contributed by atoms with van der Waals surface area (Å²) in [6, 6.07) is 16.2. The molecule has 0 atom stereocenters. The van der Waals surface area contributed by atoms with Crippen LogP contribution in [0.15, 0.2) is 48.5 Å². The zero-order valence-corrected chi connectivity index (χ0v) is 17.8. The van der Waals surface area contributed by atoms with E-state index in [4.69, 9.17) is 4.74 Å². The Morgan fingerprint density at radius 3 is 2.38 bits per heavy atom. The summed E-state index contributed by atoms with van der Waals surface area (Å²) in [4.78, 5) is 16.9. The second-order valence-electron chi connectivity index (χ2n) is 9.21. The van der Waals surface area contributed by atoms with Crippen LogP contribution in [0, 0.1) is 0 Å². The van der Waals surface area contributed by atoms with Crippen LogP contribution in [0.5, 0.6) is 5.75 Å². The van der Waals surface area contributed by atoms with Crippen molar-refractivity contribution in [2.75, 3.05) is 12.4 Å². The van der Waals surface area contributed by atoms with Crippen LogP contribution in [0.4, 0.5) is 5.69 Å². The van der Waals surface area contributed by atoms with Gasteiger partial charge in [0.15, 0.2) is 0 Å². The SMILES string of the molecule is COc1ccc(C2(C(=O)Nc3ccc4[nH]c(C(C)(C)C)cc4c3)CCCC2)cc1.[HH]. The number of H-pyrrole nitrogens is 1. The highest BCUT2D eigenvalue weighted by atomic mass is 16.5. The number of anilines is 1. The summed E-state index contributed by atoms with van der Waals surface area (Å²) in [5.41, 5.74) is 3.81. The molecule has 1 fully saturated rings. The van der Waals surface area contributed by atoms with Crippen LogP contribution in [0.25, 0.3) is 10.9 Å². The summed E-state index contributed by atoms with van der Waals surface area (Å²) in [6.45, 7) is 6.58. The molecule has 1 heterocycles. The minimum Gasteiger partial charge on any atom is -0.497 e. The number of aromatic nitrogens is 1. The smallest absolute Gasteiger partial charge is 0.235 e. The Hall–Kier alpha value is -2.75. The van der Waals surface area contributed by atoms with Crippen LogP contribution in [-0.4, -0.2) is 18.0 Å². The third kappa shape index (κ3) is 3.64. The molecule has 1 saturated carbocycles. The number of carbonyl (C=O) groups is 1. The Labute approximate surface area is 174 Å². The third-order valence-electron chi connectivity index (χ3n) is 6.22. The zero-order valence-electron chi connectivity index (χ0n) is 17.8. The van der Waals surface area contributed by atoms with Crippen molar-refractivity contribution in [3.8, 4) is 5.75 Å². The Bertz CT molecular complexity index is 1030. The van der Waals surface area contributed by atoms with Gasteiger partial charge >= 0.3 is 0 Å². The number of aromatic amines is 1. The predicted octanol–water partition coefficient (Wildman–Crippen LogP) is 6.17. The maximum atomic E-state index is 13.4. The first-order valence-electron chi connectivity index (χ1n) is 10.4. The molecule has 1 aliphatic rings.